The Balaban J connectivity index is 1.85. The molecule has 1 amide bonds. The van der Waals surface area contributed by atoms with Gasteiger partial charge in [0.15, 0.2) is 0 Å². The molecule has 2 atom stereocenters. The van der Waals surface area contributed by atoms with E-state index in [4.69, 9.17) is 4.74 Å². The number of esters is 1. The lowest BCUT2D eigenvalue weighted by atomic mass is 10.2. The van der Waals surface area contributed by atoms with Crippen molar-refractivity contribution < 1.29 is 14.3 Å². The van der Waals surface area contributed by atoms with Crippen LogP contribution in [0.5, 0.6) is 0 Å². The predicted octanol–water partition coefficient (Wildman–Crippen LogP) is 0.826. The van der Waals surface area contributed by atoms with Crippen LogP contribution >= 0.6 is 0 Å². The van der Waals surface area contributed by atoms with E-state index in [9.17, 15) is 9.59 Å². The molecule has 2 aliphatic heterocycles. The third-order valence-electron chi connectivity index (χ3n) is 3.10. The van der Waals surface area contributed by atoms with Crippen molar-refractivity contribution in [3.63, 3.8) is 0 Å². The maximum absolute atomic E-state index is 12.1. The van der Waals surface area contributed by atoms with Crippen LogP contribution in [0.3, 0.4) is 0 Å². The molecule has 0 saturated carbocycles. The minimum Gasteiger partial charge on any atom is -0.459 e. The maximum atomic E-state index is 12.1. The highest BCUT2D eigenvalue weighted by Crippen LogP contribution is 2.30. The lowest BCUT2D eigenvalue weighted by Gasteiger charge is -2.25. The van der Waals surface area contributed by atoms with E-state index in [0.717, 1.165) is 0 Å². The van der Waals surface area contributed by atoms with E-state index in [0.29, 0.717) is 18.5 Å². The van der Waals surface area contributed by atoms with Gasteiger partial charge in [-0.1, -0.05) is 18.2 Å². The number of carbonyl (C=O) groups is 2. The molecule has 0 N–H and O–H groups in total. The highest BCUT2D eigenvalue weighted by Gasteiger charge is 2.48. The highest BCUT2D eigenvalue weighted by molar-refractivity contribution is 5.98. The number of hydrogen-bond acceptors (Lipinski definition) is 3. The van der Waals surface area contributed by atoms with Crippen LogP contribution in [0.25, 0.3) is 0 Å². The van der Waals surface area contributed by atoms with Gasteiger partial charge in [0.2, 0.25) is 0 Å². The molecule has 4 nitrogen and oxygen atoms in total. The molecule has 4 heteroatoms. The Morgan fingerprint density at radius 2 is 2.06 bits per heavy atom. The third kappa shape index (κ3) is 1.30. The molecule has 0 radical (unpaired) electrons. The quantitative estimate of drug-likeness (QED) is 0.654. The molecule has 0 aliphatic carbocycles. The lowest BCUT2D eigenvalue weighted by Crippen LogP contribution is -2.44. The minimum absolute atomic E-state index is 0.0789. The third-order valence-corrected chi connectivity index (χ3v) is 3.10. The first-order chi connectivity index (χ1) is 7.75. The predicted molar refractivity (Wildman–Crippen MR) is 55.8 cm³/mol. The summed E-state index contributed by atoms with van der Waals surface area (Å²) in [6.45, 7) is 0.532. The molecule has 2 saturated heterocycles. The van der Waals surface area contributed by atoms with Crippen LogP contribution in [0.4, 0.5) is 0 Å². The second kappa shape index (κ2) is 3.33. The first-order valence-electron chi connectivity index (χ1n) is 5.32. The van der Waals surface area contributed by atoms with Crippen molar-refractivity contribution in [1.29, 1.82) is 0 Å². The van der Waals surface area contributed by atoms with Crippen LogP contribution in [-0.4, -0.2) is 35.5 Å². The van der Waals surface area contributed by atoms with Crippen molar-refractivity contribution in [2.75, 3.05) is 6.54 Å². The van der Waals surface area contributed by atoms with Gasteiger partial charge in [0.25, 0.3) is 5.91 Å². The first kappa shape index (κ1) is 9.39. The summed E-state index contributed by atoms with van der Waals surface area (Å²) in [5, 5.41) is 0. The van der Waals surface area contributed by atoms with E-state index >= 15 is 0 Å². The fraction of sp³-hybridized carbons (Fsp3) is 0.333. The standard InChI is InChI=1S/C12H11NO3/c14-11(8-4-2-1-3-5-8)13-7-9-6-10(13)12(15)16-9/h1-5,9-10H,6-7H2/t9-,10-/m0/s1. The van der Waals surface area contributed by atoms with Crippen LogP contribution < -0.4 is 0 Å². The summed E-state index contributed by atoms with van der Waals surface area (Å²) in [5.41, 5.74) is 0.628. The van der Waals surface area contributed by atoms with Crippen molar-refractivity contribution >= 4 is 11.9 Å². The molecule has 3 rings (SSSR count). The molecule has 16 heavy (non-hydrogen) atoms. The van der Waals surface area contributed by atoms with Crippen molar-refractivity contribution in [2.24, 2.45) is 0 Å². The maximum Gasteiger partial charge on any atom is 0.329 e. The van der Waals surface area contributed by atoms with Crippen LogP contribution in [0.2, 0.25) is 0 Å². The lowest BCUT2D eigenvalue weighted by molar-refractivity contribution is -0.149. The Bertz CT molecular complexity index is 443. The summed E-state index contributed by atoms with van der Waals surface area (Å²) >= 11 is 0. The zero-order valence-electron chi connectivity index (χ0n) is 8.63. The number of hydrogen-bond donors (Lipinski definition) is 0. The van der Waals surface area contributed by atoms with Crippen LogP contribution in [0.1, 0.15) is 16.8 Å². The van der Waals surface area contributed by atoms with Gasteiger partial charge in [-0.15, -0.1) is 0 Å². The number of carbonyl (C=O) groups excluding carboxylic acids is 2. The SMILES string of the molecule is O=C1O[C@H]2C[C@@H]1N(C(=O)c1ccccc1)C2. The average Bonchev–Trinajstić information content (AvgIpc) is 2.88. The Kier molecular flexibility index (Phi) is 1.96. The van der Waals surface area contributed by atoms with Gasteiger partial charge in [0.1, 0.15) is 12.1 Å². The zero-order valence-corrected chi connectivity index (χ0v) is 8.63. The number of amides is 1. The second-order valence-corrected chi connectivity index (χ2v) is 4.13. The highest BCUT2D eigenvalue weighted by atomic mass is 16.6. The van der Waals surface area contributed by atoms with Gasteiger partial charge in [-0.25, -0.2) is 4.79 Å². The number of benzene rings is 1. The average molecular weight is 217 g/mol. The van der Waals surface area contributed by atoms with E-state index in [2.05, 4.69) is 0 Å². The number of fused-ring (bicyclic) bond motifs is 2. The summed E-state index contributed by atoms with van der Waals surface area (Å²) in [4.78, 5) is 25.1. The topological polar surface area (TPSA) is 46.6 Å². The second-order valence-electron chi connectivity index (χ2n) is 4.13. The fourth-order valence-electron chi connectivity index (χ4n) is 2.32. The van der Waals surface area contributed by atoms with E-state index in [-0.39, 0.29) is 24.0 Å². The smallest absolute Gasteiger partial charge is 0.329 e. The Labute approximate surface area is 92.8 Å². The van der Waals surface area contributed by atoms with Gasteiger partial charge < -0.3 is 9.64 Å². The molecule has 0 spiro atoms. The summed E-state index contributed by atoms with van der Waals surface area (Å²) in [7, 11) is 0. The summed E-state index contributed by atoms with van der Waals surface area (Å²) in [6.07, 6.45) is 0.558. The molecule has 0 unspecified atom stereocenters. The molecule has 2 aliphatic rings. The number of rotatable bonds is 1. The molecule has 1 aromatic rings. The van der Waals surface area contributed by atoms with E-state index in [1.165, 1.54) is 0 Å². The number of likely N-dealkylation sites (tertiary alicyclic amines) is 1. The van der Waals surface area contributed by atoms with E-state index in [1.807, 2.05) is 18.2 Å². The molecular weight excluding hydrogens is 206 g/mol. The van der Waals surface area contributed by atoms with Crippen molar-refractivity contribution in [3.8, 4) is 0 Å². The van der Waals surface area contributed by atoms with E-state index in [1.54, 1.807) is 17.0 Å². The largest absolute Gasteiger partial charge is 0.459 e. The van der Waals surface area contributed by atoms with Crippen LogP contribution in [-0.2, 0) is 9.53 Å². The fourth-order valence-corrected chi connectivity index (χ4v) is 2.32. The van der Waals surface area contributed by atoms with Gasteiger partial charge in [-0.2, -0.15) is 0 Å². The molecule has 2 bridgehead atoms. The molecule has 2 fully saturated rings. The molecule has 2 heterocycles. The van der Waals surface area contributed by atoms with Crippen molar-refractivity contribution in [2.45, 2.75) is 18.6 Å². The molecule has 82 valence electrons. The van der Waals surface area contributed by atoms with E-state index < -0.39 is 0 Å². The molecule has 0 aromatic heterocycles. The Hall–Kier alpha value is -1.84. The normalized spacial score (nSPS) is 27.0. The van der Waals surface area contributed by atoms with Crippen molar-refractivity contribution in [1.82, 2.24) is 4.90 Å². The number of ether oxygens (including phenoxy) is 1. The van der Waals surface area contributed by atoms with Gasteiger partial charge in [-0.3, -0.25) is 4.79 Å². The number of morpholine rings is 1. The van der Waals surface area contributed by atoms with Gasteiger partial charge in [0, 0.05) is 12.0 Å². The molecule has 1 aromatic carbocycles. The first-order valence-corrected chi connectivity index (χ1v) is 5.32. The monoisotopic (exact) mass is 217 g/mol. The van der Waals surface area contributed by atoms with Crippen molar-refractivity contribution in [3.05, 3.63) is 35.9 Å². The van der Waals surface area contributed by atoms with Gasteiger partial charge >= 0.3 is 5.97 Å². The van der Waals surface area contributed by atoms with Gasteiger partial charge in [0.05, 0.1) is 6.54 Å². The summed E-state index contributed by atoms with van der Waals surface area (Å²) in [6, 6.07) is 8.66. The van der Waals surface area contributed by atoms with Gasteiger partial charge in [-0.05, 0) is 12.1 Å². The molecular formula is C12H11NO3. The van der Waals surface area contributed by atoms with Crippen LogP contribution in [0, 0.1) is 0 Å². The van der Waals surface area contributed by atoms with Crippen LogP contribution in [0.15, 0.2) is 30.3 Å². The summed E-state index contributed by atoms with van der Waals surface area (Å²) < 4.78 is 5.04. The zero-order chi connectivity index (χ0) is 11.1. The minimum atomic E-state index is -0.363. The Morgan fingerprint density at radius 3 is 2.69 bits per heavy atom. The Morgan fingerprint density at radius 1 is 1.31 bits per heavy atom. The number of nitrogens with zero attached hydrogens (tertiary/aromatic N) is 1. The summed E-state index contributed by atoms with van der Waals surface area (Å²) in [5.74, 6) is -0.342.